The van der Waals surface area contributed by atoms with Crippen LogP contribution < -0.4 is 5.73 Å². The van der Waals surface area contributed by atoms with Gasteiger partial charge < -0.3 is 26.2 Å². The number of amides is 2. The first-order valence-corrected chi connectivity index (χ1v) is 2.49. The number of nitrogens with zero attached hydrogens (tertiary/aromatic N) is 1. The van der Waals surface area contributed by atoms with Crippen molar-refractivity contribution in [3.05, 3.63) is 12.1 Å². The predicted molar refractivity (Wildman–Crippen MR) is 33.0 cm³/mol. The molecule has 0 aromatic heterocycles. The van der Waals surface area contributed by atoms with Gasteiger partial charge in [0.1, 0.15) is 6.26 Å². The van der Waals surface area contributed by atoms with Gasteiger partial charge in [0.05, 0.1) is 0 Å². The second kappa shape index (κ2) is 3.64. The lowest BCUT2D eigenvalue weighted by atomic mass is 10.6. The SMILES string of the molecule is NC(=O)N(C(O)=CO)C(O)O. The Balaban J connectivity index is 4.48. The summed E-state index contributed by atoms with van der Waals surface area (Å²) in [5.74, 6) is -1.05. The largest absolute Gasteiger partial charge is 0.510 e. The number of hydrogen-bond acceptors (Lipinski definition) is 5. The summed E-state index contributed by atoms with van der Waals surface area (Å²) in [5.41, 5.74) is 4.57. The average Bonchev–Trinajstić information content (AvgIpc) is 1.85. The molecular formula is C4H8N2O5. The number of urea groups is 1. The molecule has 64 valence electrons. The van der Waals surface area contributed by atoms with Crippen molar-refractivity contribution in [1.29, 1.82) is 0 Å². The van der Waals surface area contributed by atoms with Crippen LogP contribution in [0.3, 0.4) is 0 Å². The molecule has 0 spiro atoms. The number of hydrogen-bond donors (Lipinski definition) is 5. The van der Waals surface area contributed by atoms with Crippen molar-refractivity contribution in [2.75, 3.05) is 0 Å². The first-order chi connectivity index (χ1) is 5.00. The van der Waals surface area contributed by atoms with Crippen molar-refractivity contribution in [2.45, 2.75) is 6.41 Å². The van der Waals surface area contributed by atoms with Crippen molar-refractivity contribution in [3.63, 3.8) is 0 Å². The smallest absolute Gasteiger partial charge is 0.325 e. The summed E-state index contributed by atoms with van der Waals surface area (Å²) in [6.07, 6.45) is -2.18. The molecule has 2 amide bonds. The first-order valence-electron chi connectivity index (χ1n) is 2.49. The van der Waals surface area contributed by atoms with E-state index >= 15 is 0 Å². The molecule has 0 unspecified atom stereocenters. The van der Waals surface area contributed by atoms with E-state index in [1.54, 1.807) is 0 Å². The lowest BCUT2D eigenvalue weighted by Crippen LogP contribution is -2.42. The fraction of sp³-hybridized carbons (Fsp3) is 0.250. The minimum Gasteiger partial charge on any atom is -0.510 e. The summed E-state index contributed by atoms with van der Waals surface area (Å²) >= 11 is 0. The van der Waals surface area contributed by atoms with Crippen molar-refractivity contribution >= 4 is 6.03 Å². The van der Waals surface area contributed by atoms with Gasteiger partial charge in [-0.05, 0) is 0 Å². The highest BCUT2D eigenvalue weighted by Gasteiger charge is 2.20. The highest BCUT2D eigenvalue weighted by atomic mass is 16.5. The lowest BCUT2D eigenvalue weighted by Gasteiger charge is -2.19. The van der Waals surface area contributed by atoms with E-state index in [1.165, 1.54) is 0 Å². The number of aliphatic hydroxyl groups is 4. The van der Waals surface area contributed by atoms with Crippen LogP contribution in [0, 0.1) is 0 Å². The number of rotatable bonds is 2. The van der Waals surface area contributed by atoms with Crippen LogP contribution in [0.5, 0.6) is 0 Å². The number of carbonyl (C=O) groups excluding carboxylic acids is 1. The van der Waals surface area contributed by atoms with E-state index in [2.05, 4.69) is 5.73 Å². The molecule has 7 nitrogen and oxygen atoms in total. The molecule has 11 heavy (non-hydrogen) atoms. The van der Waals surface area contributed by atoms with Gasteiger partial charge >= 0.3 is 6.03 Å². The van der Waals surface area contributed by atoms with Gasteiger partial charge in [0.2, 0.25) is 12.3 Å². The molecule has 0 aliphatic rings. The first kappa shape index (κ1) is 9.53. The van der Waals surface area contributed by atoms with Crippen LogP contribution in [-0.2, 0) is 0 Å². The maximum absolute atomic E-state index is 10.3. The van der Waals surface area contributed by atoms with Crippen LogP contribution >= 0.6 is 0 Å². The Hall–Kier alpha value is -1.47. The van der Waals surface area contributed by atoms with E-state index < -0.39 is 18.3 Å². The molecule has 0 fully saturated rings. The third kappa shape index (κ3) is 2.32. The van der Waals surface area contributed by atoms with E-state index in [4.69, 9.17) is 20.4 Å². The van der Waals surface area contributed by atoms with E-state index in [9.17, 15) is 4.79 Å². The van der Waals surface area contributed by atoms with Crippen LogP contribution in [0.4, 0.5) is 4.79 Å². The van der Waals surface area contributed by atoms with Crippen molar-refractivity contribution in [1.82, 2.24) is 4.90 Å². The molecule has 0 atom stereocenters. The summed E-state index contributed by atoms with van der Waals surface area (Å²) in [7, 11) is 0. The summed E-state index contributed by atoms with van der Waals surface area (Å²) in [6.45, 7) is 0. The fourth-order valence-corrected chi connectivity index (χ4v) is 0.407. The van der Waals surface area contributed by atoms with Crippen molar-refractivity contribution in [2.24, 2.45) is 5.73 Å². The van der Waals surface area contributed by atoms with Crippen LogP contribution in [-0.4, -0.2) is 37.8 Å². The average molecular weight is 164 g/mol. The van der Waals surface area contributed by atoms with Gasteiger partial charge in [0.25, 0.3) is 0 Å². The Morgan fingerprint density at radius 3 is 2.09 bits per heavy atom. The molecule has 0 rings (SSSR count). The number of carbonyl (C=O) groups is 1. The Morgan fingerprint density at radius 1 is 1.55 bits per heavy atom. The van der Waals surface area contributed by atoms with E-state index in [0.29, 0.717) is 0 Å². The van der Waals surface area contributed by atoms with E-state index in [0.717, 1.165) is 0 Å². The summed E-state index contributed by atoms with van der Waals surface area (Å²) in [5, 5.41) is 33.4. The van der Waals surface area contributed by atoms with Gasteiger partial charge in [-0.3, -0.25) is 0 Å². The number of primary amides is 1. The molecule has 0 saturated heterocycles. The molecule has 0 bridgehead atoms. The lowest BCUT2D eigenvalue weighted by molar-refractivity contribution is -0.132. The molecule has 7 heteroatoms. The standard InChI is InChI=1S/C4H8N2O5/c5-3(9)6(4(10)11)2(8)1-7/h1,4,7-8,10-11H,(H2,5,9). The maximum atomic E-state index is 10.3. The Morgan fingerprint density at radius 2 is 2.00 bits per heavy atom. The minimum atomic E-state index is -2.28. The van der Waals surface area contributed by atoms with Crippen molar-refractivity contribution in [3.8, 4) is 0 Å². The van der Waals surface area contributed by atoms with Gasteiger partial charge in [-0.15, -0.1) is 0 Å². The summed E-state index contributed by atoms with van der Waals surface area (Å²) in [6, 6.07) is -1.30. The molecule has 0 saturated carbocycles. The van der Waals surface area contributed by atoms with Crippen LogP contribution in [0.25, 0.3) is 0 Å². The zero-order chi connectivity index (χ0) is 9.02. The van der Waals surface area contributed by atoms with Gasteiger partial charge in [0, 0.05) is 0 Å². The molecule has 0 aromatic rings. The molecule has 0 heterocycles. The van der Waals surface area contributed by atoms with E-state index in [1.807, 2.05) is 0 Å². The Labute approximate surface area is 61.6 Å². The monoisotopic (exact) mass is 164 g/mol. The molecular weight excluding hydrogens is 156 g/mol. The third-order valence-electron chi connectivity index (χ3n) is 0.831. The normalized spacial score (nSPS) is 11.7. The second-order valence-corrected chi connectivity index (χ2v) is 1.54. The number of aliphatic hydroxyl groups excluding tert-OH is 3. The van der Waals surface area contributed by atoms with Gasteiger partial charge in [-0.25, -0.2) is 9.69 Å². The highest BCUT2D eigenvalue weighted by Crippen LogP contribution is 2.01. The highest BCUT2D eigenvalue weighted by molar-refractivity contribution is 5.73. The van der Waals surface area contributed by atoms with Crippen LogP contribution in [0.2, 0.25) is 0 Å². The predicted octanol–water partition coefficient (Wildman–Crippen LogP) is -1.45. The molecule has 6 N–H and O–H groups in total. The second-order valence-electron chi connectivity index (χ2n) is 1.54. The molecule has 0 aliphatic carbocycles. The summed E-state index contributed by atoms with van der Waals surface area (Å²) < 4.78 is 0. The maximum Gasteiger partial charge on any atom is 0.325 e. The Kier molecular flexibility index (Phi) is 3.15. The van der Waals surface area contributed by atoms with Crippen molar-refractivity contribution < 1.29 is 25.2 Å². The minimum absolute atomic E-state index is 0.0278. The molecule has 0 aromatic carbocycles. The third-order valence-corrected chi connectivity index (χ3v) is 0.831. The van der Waals surface area contributed by atoms with Crippen LogP contribution in [0.1, 0.15) is 0 Å². The van der Waals surface area contributed by atoms with Gasteiger partial charge in [0.15, 0.2) is 0 Å². The number of nitrogens with two attached hydrogens (primary N) is 1. The topological polar surface area (TPSA) is 127 Å². The zero-order valence-electron chi connectivity index (χ0n) is 5.38. The van der Waals surface area contributed by atoms with Crippen LogP contribution in [0.15, 0.2) is 12.1 Å². The van der Waals surface area contributed by atoms with Gasteiger partial charge in [-0.1, -0.05) is 0 Å². The Bertz CT molecular complexity index is 177. The quantitative estimate of drug-likeness (QED) is 0.252. The molecule has 0 aliphatic heterocycles. The summed E-state index contributed by atoms with van der Waals surface area (Å²) in [4.78, 5) is 10.2. The zero-order valence-corrected chi connectivity index (χ0v) is 5.38. The van der Waals surface area contributed by atoms with E-state index in [-0.39, 0.29) is 11.2 Å². The molecule has 0 radical (unpaired) electrons. The fourth-order valence-electron chi connectivity index (χ4n) is 0.407. The van der Waals surface area contributed by atoms with Gasteiger partial charge in [-0.2, -0.15) is 0 Å².